The van der Waals surface area contributed by atoms with Crippen molar-refractivity contribution >= 4 is 17.4 Å². The Balaban J connectivity index is 1.61. The molecule has 2 aromatic carbocycles. The number of anilines is 2. The SMILES string of the molecule is Cc1ccc(Nc2ccc(C(=O)NCc3ccc(F)cc3)nn2)c(C)c1. The minimum atomic E-state index is -0.333. The summed E-state index contributed by atoms with van der Waals surface area (Å²) in [5, 5.41) is 13.9. The fourth-order valence-electron chi connectivity index (χ4n) is 2.49. The first-order chi connectivity index (χ1) is 12.5. The molecule has 1 heterocycles. The van der Waals surface area contributed by atoms with Gasteiger partial charge in [-0.05, 0) is 55.3 Å². The molecule has 5 nitrogen and oxygen atoms in total. The first-order valence-corrected chi connectivity index (χ1v) is 8.22. The van der Waals surface area contributed by atoms with Crippen molar-refractivity contribution in [2.75, 3.05) is 5.32 Å². The molecule has 3 aromatic rings. The lowest BCUT2D eigenvalue weighted by Crippen LogP contribution is -2.24. The zero-order valence-electron chi connectivity index (χ0n) is 14.6. The standard InChI is InChI=1S/C20H19FN4O/c1-13-3-8-17(14(2)11-13)23-19-10-9-18(24-25-19)20(26)22-12-15-4-6-16(21)7-5-15/h3-11H,12H2,1-2H3,(H,22,26)(H,23,25). The topological polar surface area (TPSA) is 66.9 Å². The molecule has 0 atom stereocenters. The maximum atomic E-state index is 12.9. The van der Waals surface area contributed by atoms with Crippen molar-refractivity contribution < 1.29 is 9.18 Å². The van der Waals surface area contributed by atoms with Crippen LogP contribution >= 0.6 is 0 Å². The third-order valence-corrected chi connectivity index (χ3v) is 3.91. The second kappa shape index (κ2) is 7.74. The zero-order chi connectivity index (χ0) is 18.5. The van der Waals surface area contributed by atoms with Gasteiger partial charge in [0.25, 0.3) is 5.91 Å². The lowest BCUT2D eigenvalue weighted by molar-refractivity contribution is 0.0945. The molecule has 3 rings (SSSR count). The van der Waals surface area contributed by atoms with Crippen molar-refractivity contribution in [1.82, 2.24) is 15.5 Å². The summed E-state index contributed by atoms with van der Waals surface area (Å²) in [6, 6.07) is 15.3. The molecule has 0 fully saturated rings. The first kappa shape index (κ1) is 17.5. The fraction of sp³-hybridized carbons (Fsp3) is 0.150. The lowest BCUT2D eigenvalue weighted by Gasteiger charge is -2.09. The Labute approximate surface area is 151 Å². The molecule has 132 valence electrons. The number of aryl methyl sites for hydroxylation is 2. The Morgan fingerprint density at radius 3 is 2.42 bits per heavy atom. The van der Waals surface area contributed by atoms with Gasteiger partial charge in [-0.25, -0.2) is 4.39 Å². The van der Waals surface area contributed by atoms with Crippen LogP contribution in [-0.2, 0) is 6.54 Å². The molecule has 1 amide bonds. The van der Waals surface area contributed by atoms with Gasteiger partial charge in [0.15, 0.2) is 11.5 Å². The number of rotatable bonds is 5. The van der Waals surface area contributed by atoms with Crippen molar-refractivity contribution in [2.45, 2.75) is 20.4 Å². The lowest BCUT2D eigenvalue weighted by atomic mass is 10.1. The number of aromatic nitrogens is 2. The first-order valence-electron chi connectivity index (χ1n) is 8.22. The van der Waals surface area contributed by atoms with Crippen molar-refractivity contribution in [2.24, 2.45) is 0 Å². The molecule has 0 spiro atoms. The number of nitrogens with one attached hydrogen (secondary N) is 2. The van der Waals surface area contributed by atoms with E-state index in [-0.39, 0.29) is 17.4 Å². The van der Waals surface area contributed by atoms with Crippen LogP contribution in [0.1, 0.15) is 27.2 Å². The summed E-state index contributed by atoms with van der Waals surface area (Å²) in [5.74, 6) is -0.0789. The number of halogens is 1. The molecule has 0 aliphatic carbocycles. The Hall–Kier alpha value is -3.28. The maximum Gasteiger partial charge on any atom is 0.272 e. The highest BCUT2D eigenvalue weighted by molar-refractivity contribution is 5.92. The molecular formula is C20H19FN4O. The minimum Gasteiger partial charge on any atom is -0.347 e. The molecule has 0 bridgehead atoms. The van der Waals surface area contributed by atoms with E-state index in [1.807, 2.05) is 26.0 Å². The van der Waals surface area contributed by atoms with Gasteiger partial charge < -0.3 is 10.6 Å². The van der Waals surface area contributed by atoms with Crippen molar-refractivity contribution in [3.8, 4) is 0 Å². The van der Waals surface area contributed by atoms with Gasteiger partial charge in [0, 0.05) is 12.2 Å². The highest BCUT2D eigenvalue weighted by atomic mass is 19.1. The Kier molecular flexibility index (Phi) is 5.22. The third-order valence-electron chi connectivity index (χ3n) is 3.91. The van der Waals surface area contributed by atoms with Gasteiger partial charge in [0.1, 0.15) is 5.82 Å². The Bertz CT molecular complexity index is 908. The smallest absolute Gasteiger partial charge is 0.272 e. The molecule has 1 aromatic heterocycles. The number of nitrogens with zero attached hydrogens (tertiary/aromatic N) is 2. The van der Waals surface area contributed by atoms with Crippen LogP contribution in [0, 0.1) is 19.7 Å². The van der Waals surface area contributed by atoms with Crippen LogP contribution in [0.3, 0.4) is 0 Å². The maximum absolute atomic E-state index is 12.9. The predicted octanol–water partition coefficient (Wildman–Crippen LogP) is 3.91. The van der Waals surface area contributed by atoms with Gasteiger partial charge in [0.05, 0.1) is 0 Å². The quantitative estimate of drug-likeness (QED) is 0.732. The van der Waals surface area contributed by atoms with E-state index in [9.17, 15) is 9.18 Å². The number of carbonyl (C=O) groups is 1. The molecule has 0 unspecified atom stereocenters. The van der Waals surface area contributed by atoms with E-state index in [2.05, 4.69) is 26.9 Å². The summed E-state index contributed by atoms with van der Waals surface area (Å²) in [7, 11) is 0. The van der Waals surface area contributed by atoms with Gasteiger partial charge in [-0.15, -0.1) is 10.2 Å². The molecular weight excluding hydrogens is 331 g/mol. The van der Waals surface area contributed by atoms with E-state index >= 15 is 0 Å². The largest absolute Gasteiger partial charge is 0.347 e. The van der Waals surface area contributed by atoms with E-state index in [1.54, 1.807) is 24.3 Å². The van der Waals surface area contributed by atoms with Crippen LogP contribution in [0.4, 0.5) is 15.9 Å². The summed E-state index contributed by atoms with van der Waals surface area (Å²) in [4.78, 5) is 12.1. The molecule has 0 radical (unpaired) electrons. The van der Waals surface area contributed by atoms with Gasteiger partial charge in [-0.3, -0.25) is 4.79 Å². The monoisotopic (exact) mass is 350 g/mol. The summed E-state index contributed by atoms with van der Waals surface area (Å²) in [6.07, 6.45) is 0. The van der Waals surface area contributed by atoms with Gasteiger partial charge in [-0.1, -0.05) is 29.8 Å². The Morgan fingerprint density at radius 2 is 1.77 bits per heavy atom. The highest BCUT2D eigenvalue weighted by Gasteiger charge is 2.09. The van der Waals surface area contributed by atoms with E-state index < -0.39 is 0 Å². The van der Waals surface area contributed by atoms with Crippen molar-refractivity contribution in [3.63, 3.8) is 0 Å². The van der Waals surface area contributed by atoms with Crippen LogP contribution < -0.4 is 10.6 Å². The van der Waals surface area contributed by atoms with Crippen LogP contribution in [0.25, 0.3) is 0 Å². The second-order valence-electron chi connectivity index (χ2n) is 6.06. The molecule has 0 aliphatic rings. The van der Waals surface area contributed by atoms with E-state index in [4.69, 9.17) is 0 Å². The zero-order valence-corrected chi connectivity index (χ0v) is 14.6. The van der Waals surface area contributed by atoms with Crippen LogP contribution in [0.2, 0.25) is 0 Å². The fourth-order valence-corrected chi connectivity index (χ4v) is 2.49. The summed E-state index contributed by atoms with van der Waals surface area (Å²) >= 11 is 0. The van der Waals surface area contributed by atoms with Crippen LogP contribution in [-0.4, -0.2) is 16.1 Å². The molecule has 0 saturated heterocycles. The second-order valence-corrected chi connectivity index (χ2v) is 6.06. The molecule has 2 N–H and O–H groups in total. The molecule has 26 heavy (non-hydrogen) atoms. The summed E-state index contributed by atoms with van der Waals surface area (Å²) in [5.41, 5.74) is 4.26. The Morgan fingerprint density at radius 1 is 1.00 bits per heavy atom. The predicted molar refractivity (Wildman–Crippen MR) is 98.8 cm³/mol. The average molecular weight is 350 g/mol. The van der Waals surface area contributed by atoms with Crippen molar-refractivity contribution in [1.29, 1.82) is 0 Å². The van der Waals surface area contributed by atoms with Crippen LogP contribution in [0.5, 0.6) is 0 Å². The molecule has 0 saturated carbocycles. The normalized spacial score (nSPS) is 10.4. The minimum absolute atomic E-state index is 0.221. The van der Waals surface area contributed by atoms with E-state index in [1.165, 1.54) is 17.7 Å². The number of hydrogen-bond donors (Lipinski definition) is 2. The van der Waals surface area contributed by atoms with Crippen LogP contribution in [0.15, 0.2) is 54.6 Å². The van der Waals surface area contributed by atoms with Gasteiger partial charge >= 0.3 is 0 Å². The van der Waals surface area contributed by atoms with E-state index in [0.29, 0.717) is 12.4 Å². The molecule has 6 heteroatoms. The molecule has 0 aliphatic heterocycles. The summed E-state index contributed by atoms with van der Waals surface area (Å²) < 4.78 is 12.9. The number of carbonyl (C=O) groups excluding carboxylic acids is 1. The summed E-state index contributed by atoms with van der Waals surface area (Å²) in [6.45, 7) is 4.35. The van der Waals surface area contributed by atoms with Gasteiger partial charge in [-0.2, -0.15) is 0 Å². The number of benzene rings is 2. The number of amides is 1. The number of hydrogen-bond acceptors (Lipinski definition) is 4. The highest BCUT2D eigenvalue weighted by Crippen LogP contribution is 2.19. The average Bonchev–Trinajstić information content (AvgIpc) is 2.64. The van der Waals surface area contributed by atoms with Gasteiger partial charge in [0.2, 0.25) is 0 Å². The van der Waals surface area contributed by atoms with Crippen molar-refractivity contribution in [3.05, 3.63) is 82.8 Å². The van der Waals surface area contributed by atoms with E-state index in [0.717, 1.165) is 16.8 Å². The third kappa shape index (κ3) is 4.42.